The summed E-state index contributed by atoms with van der Waals surface area (Å²) in [4.78, 5) is 34.3. The van der Waals surface area contributed by atoms with Crippen molar-refractivity contribution in [1.82, 2.24) is 19.5 Å². The van der Waals surface area contributed by atoms with E-state index in [1.54, 1.807) is 17.8 Å². The Morgan fingerprint density at radius 2 is 2.16 bits per heavy atom. The zero-order valence-electron chi connectivity index (χ0n) is 17.3. The number of rotatable bonds is 7. The summed E-state index contributed by atoms with van der Waals surface area (Å²) < 4.78 is 7.83. The SMILES string of the molecule is Cn1cc(-c2cc3[nH]c(CCC(=O)O)nc3cc2OCC2CCC2)c2cc[nH]c2c1=O. The van der Waals surface area contributed by atoms with E-state index in [1.807, 2.05) is 24.4 Å². The summed E-state index contributed by atoms with van der Waals surface area (Å²) in [5, 5.41) is 9.81. The number of nitrogens with zero attached hydrogens (tertiary/aromatic N) is 2. The van der Waals surface area contributed by atoms with Gasteiger partial charge in [-0.3, -0.25) is 9.59 Å². The number of aliphatic carboxylic acids is 1. The maximum Gasteiger partial charge on any atom is 0.303 e. The number of hydrogen-bond acceptors (Lipinski definition) is 4. The van der Waals surface area contributed by atoms with Crippen molar-refractivity contribution in [2.45, 2.75) is 32.1 Å². The molecule has 0 unspecified atom stereocenters. The molecule has 0 radical (unpaired) electrons. The lowest BCUT2D eigenvalue weighted by Gasteiger charge is -2.25. The highest BCUT2D eigenvalue weighted by atomic mass is 16.5. The van der Waals surface area contributed by atoms with Crippen LogP contribution >= 0.6 is 0 Å². The molecule has 5 rings (SSSR count). The Balaban J connectivity index is 1.64. The molecule has 4 aromatic rings. The predicted molar refractivity (Wildman–Crippen MR) is 117 cm³/mol. The van der Waals surface area contributed by atoms with Gasteiger partial charge in [0.05, 0.1) is 24.1 Å². The van der Waals surface area contributed by atoms with Crippen LogP contribution in [0.1, 0.15) is 31.5 Å². The number of benzene rings is 1. The Labute approximate surface area is 177 Å². The molecule has 3 aromatic heterocycles. The molecule has 8 nitrogen and oxygen atoms in total. The number of fused-ring (bicyclic) bond motifs is 2. The van der Waals surface area contributed by atoms with Crippen LogP contribution in [0.4, 0.5) is 0 Å². The molecule has 1 aliphatic rings. The molecule has 1 aliphatic carbocycles. The van der Waals surface area contributed by atoms with Crippen LogP contribution < -0.4 is 10.3 Å². The van der Waals surface area contributed by atoms with Gasteiger partial charge in [-0.1, -0.05) is 6.42 Å². The summed E-state index contributed by atoms with van der Waals surface area (Å²) in [7, 11) is 1.74. The molecule has 0 amide bonds. The van der Waals surface area contributed by atoms with E-state index >= 15 is 0 Å². The second kappa shape index (κ2) is 7.61. The Hall–Kier alpha value is -3.55. The lowest BCUT2D eigenvalue weighted by Crippen LogP contribution is -2.19. The lowest BCUT2D eigenvalue weighted by atomic mass is 9.86. The maximum atomic E-state index is 12.5. The van der Waals surface area contributed by atoms with Crippen LogP contribution in [0.15, 0.2) is 35.4 Å². The topological polar surface area (TPSA) is 113 Å². The van der Waals surface area contributed by atoms with Crippen LogP contribution in [-0.2, 0) is 18.3 Å². The summed E-state index contributed by atoms with van der Waals surface area (Å²) >= 11 is 0. The van der Waals surface area contributed by atoms with Gasteiger partial charge in [0, 0.05) is 48.4 Å². The molecule has 3 N–H and O–H groups in total. The van der Waals surface area contributed by atoms with Crippen LogP contribution in [0.2, 0.25) is 0 Å². The van der Waals surface area contributed by atoms with Gasteiger partial charge in [-0.05, 0) is 30.9 Å². The predicted octanol–water partition coefficient (Wildman–Crippen LogP) is 3.61. The van der Waals surface area contributed by atoms with Crippen molar-refractivity contribution < 1.29 is 14.6 Å². The minimum absolute atomic E-state index is 0.0164. The highest BCUT2D eigenvalue weighted by molar-refractivity contribution is 5.98. The van der Waals surface area contributed by atoms with Gasteiger partial charge in [0.1, 0.15) is 17.1 Å². The number of imidazole rings is 1. The fraction of sp³-hybridized carbons (Fsp3) is 0.348. The molecule has 31 heavy (non-hydrogen) atoms. The third-order valence-corrected chi connectivity index (χ3v) is 6.09. The first kappa shape index (κ1) is 19.4. The van der Waals surface area contributed by atoms with Gasteiger partial charge in [-0.15, -0.1) is 0 Å². The number of pyridine rings is 1. The van der Waals surface area contributed by atoms with E-state index < -0.39 is 5.97 Å². The molecule has 3 heterocycles. The van der Waals surface area contributed by atoms with Gasteiger partial charge < -0.3 is 24.4 Å². The normalized spacial score (nSPS) is 14.2. The molecule has 0 atom stereocenters. The first-order valence-electron chi connectivity index (χ1n) is 10.5. The van der Waals surface area contributed by atoms with E-state index in [4.69, 9.17) is 9.84 Å². The zero-order chi connectivity index (χ0) is 21.5. The lowest BCUT2D eigenvalue weighted by molar-refractivity contribution is -0.137. The molecule has 1 saturated carbocycles. The summed E-state index contributed by atoms with van der Waals surface area (Å²) in [6, 6.07) is 5.79. The summed E-state index contributed by atoms with van der Waals surface area (Å²) in [5.41, 5.74) is 3.79. The fourth-order valence-corrected chi connectivity index (χ4v) is 4.11. The number of nitrogens with one attached hydrogen (secondary N) is 2. The quantitative estimate of drug-likeness (QED) is 0.423. The third kappa shape index (κ3) is 3.58. The monoisotopic (exact) mass is 420 g/mol. The van der Waals surface area contributed by atoms with Crippen molar-refractivity contribution >= 4 is 27.9 Å². The van der Waals surface area contributed by atoms with Crippen LogP contribution in [0.3, 0.4) is 0 Å². The van der Waals surface area contributed by atoms with Gasteiger partial charge >= 0.3 is 5.97 Å². The minimum atomic E-state index is -0.856. The molecule has 8 heteroatoms. The average Bonchev–Trinajstić information content (AvgIpc) is 3.34. The maximum absolute atomic E-state index is 12.5. The van der Waals surface area contributed by atoms with Crippen LogP contribution in [0.5, 0.6) is 5.75 Å². The van der Waals surface area contributed by atoms with Crippen molar-refractivity contribution in [1.29, 1.82) is 0 Å². The number of hydrogen-bond donors (Lipinski definition) is 3. The second-order valence-corrected chi connectivity index (χ2v) is 8.28. The van der Waals surface area contributed by atoms with E-state index in [0.29, 0.717) is 30.3 Å². The molecular weight excluding hydrogens is 396 g/mol. The standard InChI is InChI=1S/C23H24N4O4/c1-27-11-16(14-7-8-24-22(14)23(27)30)15-9-17-18(26-20(25-17)5-6-21(28)29)10-19(15)31-12-13-3-2-4-13/h7-11,13,24H,2-6,12H2,1H3,(H,25,26)(H,28,29). The Morgan fingerprint density at radius 1 is 1.32 bits per heavy atom. The number of carboxylic acids is 1. The van der Waals surface area contributed by atoms with Gasteiger partial charge in [0.2, 0.25) is 0 Å². The molecular formula is C23H24N4O4. The van der Waals surface area contributed by atoms with Crippen molar-refractivity contribution in [3.05, 3.63) is 46.8 Å². The van der Waals surface area contributed by atoms with E-state index in [0.717, 1.165) is 33.3 Å². The molecule has 0 saturated heterocycles. The number of aromatic amines is 2. The number of aryl methyl sites for hydroxylation is 2. The number of H-pyrrole nitrogens is 2. The molecule has 0 spiro atoms. The van der Waals surface area contributed by atoms with Gasteiger partial charge in [0.15, 0.2) is 0 Å². The van der Waals surface area contributed by atoms with Gasteiger partial charge in [-0.25, -0.2) is 4.98 Å². The van der Waals surface area contributed by atoms with E-state index in [9.17, 15) is 9.59 Å². The summed E-state index contributed by atoms with van der Waals surface area (Å²) in [6.45, 7) is 0.650. The van der Waals surface area contributed by atoms with Crippen LogP contribution in [-0.4, -0.2) is 37.2 Å². The fourth-order valence-electron chi connectivity index (χ4n) is 4.11. The highest BCUT2D eigenvalue weighted by Crippen LogP contribution is 2.38. The molecule has 0 bridgehead atoms. The van der Waals surface area contributed by atoms with Crippen LogP contribution in [0, 0.1) is 5.92 Å². The van der Waals surface area contributed by atoms with E-state index in [1.165, 1.54) is 19.3 Å². The largest absolute Gasteiger partial charge is 0.493 e. The van der Waals surface area contributed by atoms with Crippen molar-refractivity contribution in [2.75, 3.05) is 6.61 Å². The Kier molecular flexibility index (Phi) is 4.77. The Bertz CT molecular complexity index is 1340. The number of ether oxygens (including phenoxy) is 1. The molecule has 160 valence electrons. The average molecular weight is 420 g/mol. The molecule has 1 aromatic carbocycles. The first-order chi connectivity index (χ1) is 15.0. The number of aromatic nitrogens is 4. The summed E-state index contributed by atoms with van der Waals surface area (Å²) in [6.07, 6.45) is 7.56. The Morgan fingerprint density at radius 3 is 2.90 bits per heavy atom. The first-order valence-corrected chi connectivity index (χ1v) is 10.5. The smallest absolute Gasteiger partial charge is 0.303 e. The van der Waals surface area contributed by atoms with Crippen molar-refractivity contribution in [2.24, 2.45) is 13.0 Å². The van der Waals surface area contributed by atoms with Gasteiger partial charge in [-0.2, -0.15) is 0 Å². The van der Waals surface area contributed by atoms with Crippen LogP contribution in [0.25, 0.3) is 33.1 Å². The molecule has 1 fully saturated rings. The van der Waals surface area contributed by atoms with Crippen molar-refractivity contribution in [3.63, 3.8) is 0 Å². The van der Waals surface area contributed by atoms with E-state index in [2.05, 4.69) is 15.0 Å². The highest BCUT2D eigenvalue weighted by Gasteiger charge is 2.21. The van der Waals surface area contributed by atoms with Crippen molar-refractivity contribution in [3.8, 4) is 16.9 Å². The summed E-state index contributed by atoms with van der Waals surface area (Å²) in [5.74, 6) is 1.07. The molecule has 0 aliphatic heterocycles. The van der Waals surface area contributed by atoms with Gasteiger partial charge in [0.25, 0.3) is 5.56 Å². The number of carboxylic acid groups (broad SMARTS) is 1. The zero-order valence-corrected chi connectivity index (χ0v) is 17.3. The second-order valence-electron chi connectivity index (χ2n) is 8.28. The van der Waals surface area contributed by atoms with E-state index in [-0.39, 0.29) is 12.0 Å². The minimum Gasteiger partial charge on any atom is -0.493 e. The number of carbonyl (C=O) groups is 1. The third-order valence-electron chi connectivity index (χ3n) is 6.09.